The average molecular weight is 369 g/mol. The zero-order chi connectivity index (χ0) is 19.1. The number of hydrogen-bond acceptors (Lipinski definition) is 4. The van der Waals surface area contributed by atoms with Gasteiger partial charge in [0.1, 0.15) is 5.60 Å². The summed E-state index contributed by atoms with van der Waals surface area (Å²) in [4.78, 5) is 19.1. The number of guanidine groups is 1. The summed E-state index contributed by atoms with van der Waals surface area (Å²) in [6.07, 6.45) is -0.421. The van der Waals surface area contributed by atoms with E-state index >= 15 is 0 Å². The third kappa shape index (κ3) is 9.34. The van der Waals surface area contributed by atoms with E-state index in [1.165, 1.54) is 9.75 Å². The maximum atomic E-state index is 12.0. The second-order valence-electron chi connectivity index (χ2n) is 7.57. The van der Waals surface area contributed by atoms with E-state index in [1.54, 1.807) is 11.3 Å². The molecule has 0 aliphatic rings. The van der Waals surface area contributed by atoms with Crippen molar-refractivity contribution < 1.29 is 9.53 Å². The Labute approximate surface area is 155 Å². The van der Waals surface area contributed by atoms with E-state index in [9.17, 15) is 4.79 Å². The standard InChI is InChI=1S/C18H32N4O2S/c1-8-19-15(20-11-14-10-9-13(2)25-14)21-12-18(6,7)22-16(23)24-17(3,4)5/h9-10H,8,11-12H2,1-7H3,(H,22,23)(H2,19,20,21). The van der Waals surface area contributed by atoms with Gasteiger partial charge in [-0.1, -0.05) is 0 Å². The fourth-order valence-electron chi connectivity index (χ4n) is 2.00. The molecule has 1 amide bonds. The van der Waals surface area contributed by atoms with E-state index in [-0.39, 0.29) is 0 Å². The molecular weight excluding hydrogens is 336 g/mol. The molecule has 1 rings (SSSR count). The Morgan fingerprint density at radius 1 is 1.20 bits per heavy atom. The molecule has 0 aliphatic heterocycles. The van der Waals surface area contributed by atoms with E-state index < -0.39 is 17.2 Å². The second-order valence-corrected chi connectivity index (χ2v) is 8.94. The Bertz CT molecular complexity index is 588. The van der Waals surface area contributed by atoms with E-state index in [2.05, 4.69) is 40.0 Å². The van der Waals surface area contributed by atoms with Gasteiger partial charge < -0.3 is 20.7 Å². The fourth-order valence-corrected chi connectivity index (χ4v) is 2.81. The molecule has 0 fully saturated rings. The van der Waals surface area contributed by atoms with Crippen LogP contribution in [0.25, 0.3) is 0 Å². The van der Waals surface area contributed by atoms with Crippen LogP contribution in [0.3, 0.4) is 0 Å². The van der Waals surface area contributed by atoms with E-state index in [1.807, 2.05) is 41.5 Å². The van der Waals surface area contributed by atoms with Crippen LogP contribution in [0.15, 0.2) is 17.1 Å². The number of amides is 1. The summed E-state index contributed by atoms with van der Waals surface area (Å²) in [6, 6.07) is 4.20. The molecule has 0 aromatic carbocycles. The first-order valence-corrected chi connectivity index (χ1v) is 9.41. The zero-order valence-corrected chi connectivity index (χ0v) is 17.3. The van der Waals surface area contributed by atoms with Crippen LogP contribution in [0.5, 0.6) is 0 Å². The predicted octanol–water partition coefficient (Wildman–Crippen LogP) is 3.41. The van der Waals surface area contributed by atoms with Gasteiger partial charge in [-0.05, 0) is 60.6 Å². The van der Waals surface area contributed by atoms with E-state index in [4.69, 9.17) is 4.74 Å². The minimum Gasteiger partial charge on any atom is -0.444 e. The van der Waals surface area contributed by atoms with Gasteiger partial charge in [0, 0.05) is 22.8 Å². The first kappa shape index (κ1) is 21.3. The first-order valence-electron chi connectivity index (χ1n) is 8.59. The molecule has 3 N–H and O–H groups in total. The van der Waals surface area contributed by atoms with Crippen molar-refractivity contribution in [2.24, 2.45) is 4.99 Å². The minimum atomic E-state index is -0.511. The van der Waals surface area contributed by atoms with Gasteiger partial charge in [-0.15, -0.1) is 11.3 Å². The van der Waals surface area contributed by atoms with E-state index in [0.717, 1.165) is 12.5 Å². The summed E-state index contributed by atoms with van der Waals surface area (Å²) in [5.74, 6) is 0.729. The topological polar surface area (TPSA) is 74.8 Å². The van der Waals surface area contributed by atoms with Gasteiger partial charge in [-0.3, -0.25) is 0 Å². The Balaban J connectivity index is 2.58. The van der Waals surface area contributed by atoms with Crippen molar-refractivity contribution in [1.82, 2.24) is 16.0 Å². The summed E-state index contributed by atoms with van der Waals surface area (Å²) in [5, 5.41) is 9.39. The number of carbonyl (C=O) groups is 1. The lowest BCUT2D eigenvalue weighted by Gasteiger charge is -2.29. The molecule has 0 saturated heterocycles. The number of ether oxygens (including phenoxy) is 1. The molecule has 0 aliphatic carbocycles. The number of aryl methyl sites for hydroxylation is 1. The van der Waals surface area contributed by atoms with Crippen molar-refractivity contribution in [3.8, 4) is 0 Å². The van der Waals surface area contributed by atoms with Gasteiger partial charge in [-0.2, -0.15) is 0 Å². The van der Waals surface area contributed by atoms with Crippen LogP contribution in [0.2, 0.25) is 0 Å². The summed E-state index contributed by atoms with van der Waals surface area (Å²) in [7, 11) is 0. The number of hydrogen-bond donors (Lipinski definition) is 3. The highest BCUT2D eigenvalue weighted by atomic mass is 32.1. The smallest absolute Gasteiger partial charge is 0.408 e. The van der Waals surface area contributed by atoms with E-state index in [0.29, 0.717) is 13.1 Å². The largest absolute Gasteiger partial charge is 0.444 e. The van der Waals surface area contributed by atoms with Crippen molar-refractivity contribution in [2.45, 2.75) is 66.2 Å². The SMILES string of the molecule is CCNC(=NCc1ccc(C)s1)NCC(C)(C)NC(=O)OC(C)(C)C. The van der Waals surface area contributed by atoms with Crippen molar-refractivity contribution in [3.63, 3.8) is 0 Å². The number of nitrogens with zero attached hydrogens (tertiary/aromatic N) is 1. The molecule has 0 bridgehead atoms. The molecule has 1 heterocycles. The lowest BCUT2D eigenvalue weighted by atomic mass is 10.1. The Morgan fingerprint density at radius 2 is 1.88 bits per heavy atom. The molecule has 25 heavy (non-hydrogen) atoms. The van der Waals surface area contributed by atoms with Gasteiger partial charge in [-0.25, -0.2) is 9.79 Å². The highest BCUT2D eigenvalue weighted by molar-refractivity contribution is 7.11. The van der Waals surface area contributed by atoms with Gasteiger partial charge in [0.15, 0.2) is 5.96 Å². The highest BCUT2D eigenvalue weighted by Gasteiger charge is 2.24. The molecular formula is C18H32N4O2S. The van der Waals surface area contributed by atoms with Crippen LogP contribution < -0.4 is 16.0 Å². The van der Waals surface area contributed by atoms with Crippen LogP contribution in [0.1, 0.15) is 51.3 Å². The van der Waals surface area contributed by atoms with Crippen molar-refractivity contribution in [1.29, 1.82) is 0 Å². The normalized spacial score (nSPS) is 12.7. The monoisotopic (exact) mass is 368 g/mol. The second kappa shape index (κ2) is 9.08. The maximum absolute atomic E-state index is 12.0. The molecule has 0 radical (unpaired) electrons. The Morgan fingerprint density at radius 3 is 2.40 bits per heavy atom. The van der Waals surface area contributed by atoms with Gasteiger partial charge >= 0.3 is 6.09 Å². The predicted molar refractivity (Wildman–Crippen MR) is 105 cm³/mol. The lowest BCUT2D eigenvalue weighted by Crippen LogP contribution is -2.54. The number of rotatable bonds is 6. The quantitative estimate of drug-likeness (QED) is 0.531. The van der Waals surface area contributed by atoms with Crippen LogP contribution in [0.4, 0.5) is 4.79 Å². The van der Waals surface area contributed by atoms with Crippen molar-refractivity contribution >= 4 is 23.4 Å². The molecule has 0 unspecified atom stereocenters. The van der Waals surface area contributed by atoms with Crippen molar-refractivity contribution in [2.75, 3.05) is 13.1 Å². The first-order chi connectivity index (χ1) is 11.5. The van der Waals surface area contributed by atoms with Crippen molar-refractivity contribution in [3.05, 3.63) is 21.9 Å². The Hall–Kier alpha value is -1.76. The molecule has 1 aromatic heterocycles. The summed E-state index contributed by atoms with van der Waals surface area (Å²) in [6.45, 7) is 15.5. The van der Waals surface area contributed by atoms with Gasteiger partial charge in [0.25, 0.3) is 0 Å². The summed E-state index contributed by atoms with van der Waals surface area (Å²) in [5.41, 5.74) is -0.985. The molecule has 1 aromatic rings. The molecule has 0 atom stereocenters. The summed E-state index contributed by atoms with van der Waals surface area (Å²) < 4.78 is 5.31. The third-order valence-corrected chi connectivity index (χ3v) is 4.06. The number of carbonyl (C=O) groups excluding carboxylic acids is 1. The maximum Gasteiger partial charge on any atom is 0.408 e. The lowest BCUT2D eigenvalue weighted by molar-refractivity contribution is 0.0474. The molecule has 0 spiro atoms. The number of nitrogens with one attached hydrogen (secondary N) is 3. The van der Waals surface area contributed by atoms with Gasteiger partial charge in [0.05, 0.1) is 12.1 Å². The Kier molecular flexibility index (Phi) is 7.73. The summed E-state index contributed by atoms with van der Waals surface area (Å²) >= 11 is 1.75. The average Bonchev–Trinajstić information content (AvgIpc) is 2.85. The molecule has 7 heteroatoms. The van der Waals surface area contributed by atoms with Crippen LogP contribution >= 0.6 is 11.3 Å². The van der Waals surface area contributed by atoms with Gasteiger partial charge in [0.2, 0.25) is 0 Å². The fraction of sp³-hybridized carbons (Fsp3) is 0.667. The van der Waals surface area contributed by atoms with Crippen LogP contribution in [-0.2, 0) is 11.3 Å². The zero-order valence-electron chi connectivity index (χ0n) is 16.4. The van der Waals surface area contributed by atoms with Crippen LogP contribution in [-0.4, -0.2) is 36.3 Å². The number of aliphatic imine (C=N–C) groups is 1. The number of alkyl carbamates (subject to hydrolysis) is 1. The number of thiophene rings is 1. The van der Waals surface area contributed by atoms with Crippen LogP contribution in [0, 0.1) is 6.92 Å². The minimum absolute atomic E-state index is 0.421. The molecule has 6 nitrogen and oxygen atoms in total. The third-order valence-electron chi connectivity index (χ3n) is 3.07. The highest BCUT2D eigenvalue weighted by Crippen LogP contribution is 2.15. The molecule has 142 valence electrons. The molecule has 0 saturated carbocycles.